The van der Waals surface area contributed by atoms with Crippen LogP contribution in [0, 0.1) is 0 Å². The summed E-state index contributed by atoms with van der Waals surface area (Å²) in [6.45, 7) is 1.75. The standard InChI is InChI=1S/C12H14ClN5O/c13-10-5-15-18(7-10)8-12(19)17-4-2-9(6-17)11-1-3-14-16-11/h1,3,5,7,9H,2,4,6,8H2,(H,14,16). The molecular weight excluding hydrogens is 266 g/mol. The number of amides is 1. The van der Waals surface area contributed by atoms with Crippen molar-refractivity contribution >= 4 is 17.5 Å². The maximum Gasteiger partial charge on any atom is 0.244 e. The lowest BCUT2D eigenvalue weighted by Gasteiger charge is -2.16. The molecule has 1 atom stereocenters. The number of nitrogens with zero attached hydrogens (tertiary/aromatic N) is 4. The molecule has 1 N–H and O–H groups in total. The summed E-state index contributed by atoms with van der Waals surface area (Å²) in [5, 5.41) is 11.5. The quantitative estimate of drug-likeness (QED) is 0.920. The van der Waals surface area contributed by atoms with Crippen molar-refractivity contribution < 1.29 is 4.79 Å². The summed E-state index contributed by atoms with van der Waals surface area (Å²) in [7, 11) is 0. The summed E-state index contributed by atoms with van der Waals surface area (Å²) in [5.41, 5.74) is 1.09. The van der Waals surface area contributed by atoms with Gasteiger partial charge in [-0.05, 0) is 12.5 Å². The Morgan fingerprint density at radius 3 is 3.16 bits per heavy atom. The molecule has 0 aromatic carbocycles. The van der Waals surface area contributed by atoms with Crippen LogP contribution in [0.3, 0.4) is 0 Å². The minimum atomic E-state index is 0.0711. The Kier molecular flexibility index (Phi) is 3.25. The minimum absolute atomic E-state index is 0.0711. The summed E-state index contributed by atoms with van der Waals surface area (Å²) in [6, 6.07) is 1.96. The second-order valence-electron chi connectivity index (χ2n) is 4.69. The van der Waals surface area contributed by atoms with E-state index in [4.69, 9.17) is 11.6 Å². The topological polar surface area (TPSA) is 66.8 Å². The second kappa shape index (κ2) is 5.05. The molecule has 1 unspecified atom stereocenters. The lowest BCUT2D eigenvalue weighted by molar-refractivity contribution is -0.131. The molecule has 0 radical (unpaired) electrons. The third-order valence-electron chi connectivity index (χ3n) is 3.40. The minimum Gasteiger partial charge on any atom is -0.340 e. The van der Waals surface area contributed by atoms with Crippen LogP contribution < -0.4 is 0 Å². The summed E-state index contributed by atoms with van der Waals surface area (Å²) >= 11 is 5.77. The molecule has 2 aromatic rings. The van der Waals surface area contributed by atoms with Crippen LogP contribution in [0.5, 0.6) is 0 Å². The molecule has 1 saturated heterocycles. The lowest BCUT2D eigenvalue weighted by Crippen LogP contribution is -2.31. The van der Waals surface area contributed by atoms with Crippen molar-refractivity contribution in [2.75, 3.05) is 13.1 Å². The van der Waals surface area contributed by atoms with Crippen molar-refractivity contribution in [2.24, 2.45) is 0 Å². The van der Waals surface area contributed by atoms with Gasteiger partial charge in [0.2, 0.25) is 5.91 Å². The smallest absolute Gasteiger partial charge is 0.244 e. The van der Waals surface area contributed by atoms with Gasteiger partial charge in [-0.15, -0.1) is 0 Å². The van der Waals surface area contributed by atoms with Gasteiger partial charge in [0, 0.05) is 37.1 Å². The zero-order valence-corrected chi connectivity index (χ0v) is 11.0. The van der Waals surface area contributed by atoms with E-state index in [2.05, 4.69) is 15.3 Å². The van der Waals surface area contributed by atoms with Crippen LogP contribution in [-0.4, -0.2) is 43.9 Å². The number of rotatable bonds is 3. The monoisotopic (exact) mass is 279 g/mol. The Labute approximate surface area is 115 Å². The van der Waals surface area contributed by atoms with Gasteiger partial charge in [-0.25, -0.2) is 0 Å². The van der Waals surface area contributed by atoms with Gasteiger partial charge >= 0.3 is 0 Å². The largest absolute Gasteiger partial charge is 0.340 e. The fourth-order valence-electron chi connectivity index (χ4n) is 2.40. The van der Waals surface area contributed by atoms with E-state index in [0.717, 1.165) is 25.2 Å². The molecule has 0 bridgehead atoms. The van der Waals surface area contributed by atoms with Gasteiger partial charge in [0.25, 0.3) is 0 Å². The van der Waals surface area contributed by atoms with E-state index >= 15 is 0 Å². The number of likely N-dealkylation sites (tertiary alicyclic amines) is 1. The summed E-state index contributed by atoms with van der Waals surface area (Å²) < 4.78 is 1.56. The van der Waals surface area contributed by atoms with Crippen LogP contribution in [0.25, 0.3) is 0 Å². The highest BCUT2D eigenvalue weighted by atomic mass is 35.5. The predicted octanol–water partition coefficient (Wildman–Crippen LogP) is 1.28. The Hall–Kier alpha value is -1.82. The first kappa shape index (κ1) is 12.2. The van der Waals surface area contributed by atoms with E-state index in [9.17, 15) is 4.79 Å². The van der Waals surface area contributed by atoms with Gasteiger partial charge in [-0.2, -0.15) is 10.2 Å². The van der Waals surface area contributed by atoms with Gasteiger partial charge in [0.15, 0.2) is 0 Å². The number of nitrogens with one attached hydrogen (secondary N) is 1. The predicted molar refractivity (Wildman–Crippen MR) is 69.8 cm³/mol. The van der Waals surface area contributed by atoms with Crippen molar-refractivity contribution in [1.82, 2.24) is 24.9 Å². The van der Waals surface area contributed by atoms with E-state index in [1.54, 1.807) is 17.1 Å². The molecule has 1 fully saturated rings. The fourth-order valence-corrected chi connectivity index (χ4v) is 2.55. The first-order chi connectivity index (χ1) is 9.22. The number of aromatic nitrogens is 4. The molecule has 1 aliphatic rings. The Morgan fingerprint density at radius 1 is 1.58 bits per heavy atom. The first-order valence-electron chi connectivity index (χ1n) is 6.17. The highest BCUT2D eigenvalue weighted by molar-refractivity contribution is 6.30. The second-order valence-corrected chi connectivity index (χ2v) is 5.13. The third-order valence-corrected chi connectivity index (χ3v) is 3.60. The molecule has 3 rings (SSSR count). The average molecular weight is 280 g/mol. The molecule has 0 saturated carbocycles. The zero-order valence-electron chi connectivity index (χ0n) is 10.3. The molecular formula is C12H14ClN5O. The van der Waals surface area contributed by atoms with E-state index in [0.29, 0.717) is 10.9 Å². The maximum absolute atomic E-state index is 12.1. The summed E-state index contributed by atoms with van der Waals surface area (Å²) in [5.74, 6) is 0.425. The SMILES string of the molecule is O=C(Cn1cc(Cl)cn1)N1CCC(c2ccn[nH]2)C1. The molecule has 1 amide bonds. The molecule has 1 aliphatic heterocycles. The van der Waals surface area contributed by atoms with E-state index < -0.39 is 0 Å². The van der Waals surface area contributed by atoms with Gasteiger partial charge in [-0.1, -0.05) is 11.6 Å². The fraction of sp³-hybridized carbons (Fsp3) is 0.417. The Bertz CT molecular complexity index is 564. The number of aromatic amines is 1. The Morgan fingerprint density at radius 2 is 2.47 bits per heavy atom. The molecule has 0 aliphatic carbocycles. The van der Waals surface area contributed by atoms with Gasteiger partial charge in [-0.3, -0.25) is 14.6 Å². The van der Waals surface area contributed by atoms with Crippen LogP contribution in [0.1, 0.15) is 18.0 Å². The van der Waals surface area contributed by atoms with Crippen LogP contribution in [-0.2, 0) is 11.3 Å². The first-order valence-corrected chi connectivity index (χ1v) is 6.55. The molecule has 6 nitrogen and oxygen atoms in total. The van der Waals surface area contributed by atoms with Crippen molar-refractivity contribution in [1.29, 1.82) is 0 Å². The third kappa shape index (κ3) is 2.63. The number of H-pyrrole nitrogens is 1. The normalized spacial score (nSPS) is 19.0. The maximum atomic E-state index is 12.1. The molecule has 100 valence electrons. The Balaban J connectivity index is 1.60. The van der Waals surface area contributed by atoms with Crippen molar-refractivity contribution in [3.63, 3.8) is 0 Å². The highest BCUT2D eigenvalue weighted by Crippen LogP contribution is 2.25. The average Bonchev–Trinajstić information content (AvgIpc) is 3.08. The van der Waals surface area contributed by atoms with Crippen LogP contribution in [0.2, 0.25) is 5.02 Å². The molecule has 0 spiro atoms. The number of carbonyl (C=O) groups is 1. The summed E-state index contributed by atoms with van der Waals surface area (Å²) in [6.07, 6.45) is 5.90. The van der Waals surface area contributed by atoms with Crippen LogP contribution in [0.4, 0.5) is 0 Å². The van der Waals surface area contributed by atoms with Gasteiger partial charge in [0.05, 0.1) is 11.2 Å². The molecule has 19 heavy (non-hydrogen) atoms. The van der Waals surface area contributed by atoms with Gasteiger partial charge in [0.1, 0.15) is 6.54 Å². The van der Waals surface area contributed by atoms with Crippen LogP contribution in [0.15, 0.2) is 24.7 Å². The molecule has 7 heteroatoms. The van der Waals surface area contributed by atoms with Crippen molar-refractivity contribution in [3.8, 4) is 0 Å². The summed E-state index contributed by atoms with van der Waals surface area (Å²) in [4.78, 5) is 14.0. The van der Waals surface area contributed by atoms with E-state index in [1.807, 2.05) is 11.0 Å². The number of hydrogen-bond donors (Lipinski definition) is 1. The van der Waals surface area contributed by atoms with Crippen LogP contribution >= 0.6 is 11.6 Å². The van der Waals surface area contributed by atoms with E-state index in [-0.39, 0.29) is 12.5 Å². The lowest BCUT2D eigenvalue weighted by atomic mass is 10.1. The number of carbonyl (C=O) groups excluding carboxylic acids is 1. The number of hydrogen-bond acceptors (Lipinski definition) is 3. The molecule has 2 aromatic heterocycles. The van der Waals surface area contributed by atoms with E-state index in [1.165, 1.54) is 6.20 Å². The van der Waals surface area contributed by atoms with Crippen molar-refractivity contribution in [3.05, 3.63) is 35.4 Å². The number of halogens is 1. The van der Waals surface area contributed by atoms with Gasteiger partial charge < -0.3 is 4.90 Å². The zero-order chi connectivity index (χ0) is 13.2. The highest BCUT2D eigenvalue weighted by Gasteiger charge is 2.28. The van der Waals surface area contributed by atoms with Crippen molar-refractivity contribution in [2.45, 2.75) is 18.9 Å². The molecule has 3 heterocycles.